The van der Waals surface area contributed by atoms with Gasteiger partial charge in [-0.15, -0.1) is 0 Å². The first kappa shape index (κ1) is 35.4. The van der Waals surface area contributed by atoms with Crippen LogP contribution >= 0.6 is 0 Å². The Morgan fingerprint density at radius 3 is 1.53 bits per heavy atom. The molecule has 43 heavy (non-hydrogen) atoms. The van der Waals surface area contributed by atoms with Crippen molar-refractivity contribution in [3.63, 3.8) is 0 Å². The van der Waals surface area contributed by atoms with Crippen molar-refractivity contribution in [1.29, 1.82) is 0 Å². The summed E-state index contributed by atoms with van der Waals surface area (Å²) in [5, 5.41) is 2.53. The summed E-state index contributed by atoms with van der Waals surface area (Å²) in [5.41, 5.74) is 0. The van der Waals surface area contributed by atoms with Crippen molar-refractivity contribution < 1.29 is 76.2 Å². The molecule has 1 amide bonds. The van der Waals surface area contributed by atoms with Gasteiger partial charge < -0.3 is 47.9 Å². The number of hydrogen-bond donors (Lipinski definition) is 1. The van der Waals surface area contributed by atoms with Crippen molar-refractivity contribution in [3.8, 4) is 0 Å². The maximum Gasteiger partial charge on any atom is 0.305 e. The highest BCUT2D eigenvalue weighted by atomic mass is 16.8. The largest absolute Gasteiger partial charge is 0.463 e. The highest BCUT2D eigenvalue weighted by molar-refractivity contribution is 5.73. The van der Waals surface area contributed by atoms with Gasteiger partial charge in [-0.1, -0.05) is 0 Å². The maximum atomic E-state index is 12.2. The van der Waals surface area contributed by atoms with E-state index in [0.717, 1.165) is 48.5 Å². The second-order valence-electron chi connectivity index (χ2n) is 9.79. The monoisotopic (exact) mass is 619 g/mol. The summed E-state index contributed by atoms with van der Waals surface area (Å²) in [4.78, 5) is 84.0. The van der Waals surface area contributed by atoms with E-state index in [9.17, 15) is 33.6 Å². The number of ether oxygens (including phenoxy) is 9. The summed E-state index contributed by atoms with van der Waals surface area (Å²) in [7, 11) is 0. The van der Waals surface area contributed by atoms with Crippen molar-refractivity contribution in [2.45, 2.75) is 117 Å². The molecule has 2 aliphatic rings. The van der Waals surface area contributed by atoms with Crippen LogP contribution in [0.3, 0.4) is 0 Å². The minimum absolute atomic E-state index is 0.502. The second kappa shape index (κ2) is 15.6. The minimum Gasteiger partial charge on any atom is -0.463 e. The topological polar surface area (TPSA) is 215 Å². The predicted molar refractivity (Wildman–Crippen MR) is 136 cm³/mol. The lowest BCUT2D eigenvalue weighted by atomic mass is 9.94. The van der Waals surface area contributed by atoms with E-state index < -0.39 is 110 Å². The highest BCUT2D eigenvalue weighted by Crippen LogP contribution is 2.34. The molecule has 2 rings (SSSR count). The van der Waals surface area contributed by atoms with Crippen LogP contribution in [0.5, 0.6) is 0 Å². The SMILES string of the molecule is CC(=O)N[C@H]1[C@@H](OC(C)=O)O[C@H](COC(C)=O)[C@@H](OC(C)=O)[C@@H]1O[C@@H]1O[C@@H](C)[C@@H](OC(C)=O)[C@@H](OC(C)=O)[C@@H]1OC(C)=O. The van der Waals surface area contributed by atoms with E-state index in [-0.39, 0.29) is 0 Å². The molecule has 0 aromatic rings. The molecule has 0 aliphatic carbocycles. The van der Waals surface area contributed by atoms with E-state index in [1.165, 1.54) is 6.92 Å². The minimum atomic E-state index is -1.63. The lowest BCUT2D eigenvalue weighted by molar-refractivity contribution is -0.340. The van der Waals surface area contributed by atoms with Crippen LogP contribution in [0, 0.1) is 0 Å². The maximum absolute atomic E-state index is 12.2. The number of amides is 1. The quantitative estimate of drug-likeness (QED) is 0.234. The zero-order valence-corrected chi connectivity index (χ0v) is 25.0. The molecule has 0 aromatic heterocycles. The fraction of sp³-hybridized carbons (Fsp3) is 0.731. The van der Waals surface area contributed by atoms with Crippen molar-refractivity contribution >= 4 is 41.7 Å². The van der Waals surface area contributed by atoms with Crippen LogP contribution in [-0.4, -0.2) is 110 Å². The van der Waals surface area contributed by atoms with Crippen LogP contribution in [0.15, 0.2) is 0 Å². The summed E-state index contributed by atoms with van der Waals surface area (Å²) in [6, 6.07) is -1.38. The van der Waals surface area contributed by atoms with Gasteiger partial charge >= 0.3 is 35.8 Å². The van der Waals surface area contributed by atoms with Crippen LogP contribution in [0.4, 0.5) is 0 Å². The van der Waals surface area contributed by atoms with Gasteiger partial charge in [-0.2, -0.15) is 0 Å². The Hall–Kier alpha value is -3.83. The van der Waals surface area contributed by atoms with Gasteiger partial charge in [-0.05, 0) is 6.92 Å². The molecule has 0 spiro atoms. The van der Waals surface area contributed by atoms with Gasteiger partial charge in [0.05, 0.1) is 6.10 Å². The Kier molecular flexibility index (Phi) is 12.8. The number of nitrogens with one attached hydrogen (secondary N) is 1. The fourth-order valence-corrected chi connectivity index (χ4v) is 4.62. The van der Waals surface area contributed by atoms with E-state index in [1.807, 2.05) is 0 Å². The summed E-state index contributed by atoms with van der Waals surface area (Å²) < 4.78 is 49.9. The van der Waals surface area contributed by atoms with E-state index >= 15 is 0 Å². The van der Waals surface area contributed by atoms with Gasteiger partial charge in [-0.3, -0.25) is 33.6 Å². The Morgan fingerprint density at radius 1 is 0.558 bits per heavy atom. The molecule has 2 fully saturated rings. The van der Waals surface area contributed by atoms with E-state index in [1.54, 1.807) is 0 Å². The van der Waals surface area contributed by atoms with Gasteiger partial charge in [0, 0.05) is 48.5 Å². The average molecular weight is 620 g/mol. The Balaban J connectivity index is 2.66. The summed E-state index contributed by atoms with van der Waals surface area (Å²) >= 11 is 0. The molecule has 0 unspecified atom stereocenters. The van der Waals surface area contributed by atoms with Crippen molar-refractivity contribution in [1.82, 2.24) is 5.32 Å². The molecule has 17 heteroatoms. The van der Waals surface area contributed by atoms with E-state index in [0.29, 0.717) is 0 Å². The molecule has 0 aromatic carbocycles. The molecule has 0 radical (unpaired) electrons. The van der Waals surface area contributed by atoms with Gasteiger partial charge in [0.15, 0.2) is 30.7 Å². The van der Waals surface area contributed by atoms with Crippen LogP contribution < -0.4 is 5.32 Å². The Morgan fingerprint density at radius 2 is 1.05 bits per heavy atom. The van der Waals surface area contributed by atoms with Crippen molar-refractivity contribution in [2.24, 2.45) is 0 Å². The standard InChI is InChI=1S/C26H37NO16/c1-10-20(37-13(4)30)23(39-15(6)32)24(40-16(7)33)26(36-10)43-22-19(27-11(2)28)25(41-17(8)34)42-18(9-35-12(3)29)21(22)38-14(5)31/h10,18-26H,9H2,1-8H3,(H,27,28)/t10-,18+,19+,20+,21+,22+,23+,24-,25-,26-/m0/s1. The molecule has 2 heterocycles. The Bertz CT molecular complexity index is 1060. The summed E-state index contributed by atoms with van der Waals surface area (Å²) in [5.74, 6) is -5.43. The number of rotatable bonds is 10. The van der Waals surface area contributed by atoms with Crippen LogP contribution in [0.1, 0.15) is 55.4 Å². The van der Waals surface area contributed by atoms with Crippen molar-refractivity contribution in [3.05, 3.63) is 0 Å². The first-order valence-corrected chi connectivity index (χ1v) is 13.2. The Labute approximate surface area is 247 Å². The summed E-state index contributed by atoms with van der Waals surface area (Å²) in [6.45, 7) is 8.64. The normalized spacial score (nSPS) is 31.9. The van der Waals surface area contributed by atoms with E-state index in [4.69, 9.17) is 42.6 Å². The molecule has 17 nitrogen and oxygen atoms in total. The lowest BCUT2D eigenvalue weighted by Crippen LogP contribution is -2.69. The third-order valence-corrected chi connectivity index (χ3v) is 5.98. The molecule has 242 valence electrons. The molecule has 2 saturated heterocycles. The molecule has 0 saturated carbocycles. The predicted octanol–water partition coefficient (Wildman–Crippen LogP) is -0.801. The number of hydrogen-bond acceptors (Lipinski definition) is 16. The van der Waals surface area contributed by atoms with Crippen LogP contribution in [-0.2, 0) is 76.2 Å². The molecule has 10 atom stereocenters. The number of carbonyl (C=O) groups is 7. The van der Waals surface area contributed by atoms with Crippen LogP contribution in [0.2, 0.25) is 0 Å². The summed E-state index contributed by atoms with van der Waals surface area (Å²) in [6.07, 6.45) is -12.7. The highest BCUT2D eigenvalue weighted by Gasteiger charge is 2.56. The zero-order chi connectivity index (χ0) is 32.6. The smallest absolute Gasteiger partial charge is 0.305 e. The average Bonchev–Trinajstić information content (AvgIpc) is 2.84. The first-order valence-electron chi connectivity index (χ1n) is 13.2. The third-order valence-electron chi connectivity index (χ3n) is 5.98. The number of carbonyl (C=O) groups excluding carboxylic acids is 7. The van der Waals surface area contributed by atoms with E-state index in [2.05, 4.69) is 5.32 Å². The molecule has 1 N–H and O–H groups in total. The third kappa shape index (κ3) is 10.4. The first-order chi connectivity index (χ1) is 20.0. The van der Waals surface area contributed by atoms with Gasteiger partial charge in [0.1, 0.15) is 24.9 Å². The second-order valence-corrected chi connectivity index (χ2v) is 9.79. The van der Waals surface area contributed by atoms with Gasteiger partial charge in [-0.25, -0.2) is 0 Å². The van der Waals surface area contributed by atoms with Gasteiger partial charge in [0.25, 0.3) is 0 Å². The lowest BCUT2D eigenvalue weighted by Gasteiger charge is -2.48. The molecular formula is C26H37NO16. The molecular weight excluding hydrogens is 582 g/mol. The number of esters is 6. The molecule has 0 bridgehead atoms. The van der Waals surface area contributed by atoms with Crippen LogP contribution in [0.25, 0.3) is 0 Å². The zero-order valence-electron chi connectivity index (χ0n) is 25.0. The van der Waals surface area contributed by atoms with Crippen molar-refractivity contribution in [2.75, 3.05) is 6.61 Å². The molecule has 2 aliphatic heterocycles. The van der Waals surface area contributed by atoms with Gasteiger partial charge in [0.2, 0.25) is 12.2 Å². The fourth-order valence-electron chi connectivity index (χ4n) is 4.62.